The minimum atomic E-state index is -3.92. The number of ether oxygens (including phenoxy) is 2. The maximum Gasteiger partial charge on any atom is 0.474 e. The van der Waals surface area contributed by atoms with Gasteiger partial charge in [0.05, 0.1) is 45.0 Å². The largest absolute Gasteiger partial charge is 0.474 e. The van der Waals surface area contributed by atoms with Gasteiger partial charge >= 0.3 is 19.5 Å². The summed E-state index contributed by atoms with van der Waals surface area (Å²) in [6.45, 7) is 3.56. The van der Waals surface area contributed by atoms with Crippen LogP contribution < -0.4 is 11.2 Å². The van der Waals surface area contributed by atoms with Gasteiger partial charge in [-0.2, -0.15) is 0 Å². The van der Waals surface area contributed by atoms with E-state index in [9.17, 15) is 18.9 Å². The quantitative estimate of drug-likeness (QED) is 0.125. The van der Waals surface area contributed by atoms with Crippen molar-refractivity contribution in [3.8, 4) is 0 Å². The summed E-state index contributed by atoms with van der Waals surface area (Å²) in [5.41, 5.74) is 8.00. The highest BCUT2D eigenvalue weighted by Gasteiger charge is 2.41. The van der Waals surface area contributed by atoms with E-state index in [1.54, 1.807) is 0 Å². The van der Waals surface area contributed by atoms with Gasteiger partial charge in [-0.15, -0.1) is 0 Å². The molecule has 2 aliphatic rings. The number of carbonyl (C=O) groups is 1. The zero-order valence-corrected chi connectivity index (χ0v) is 19.8. The lowest BCUT2D eigenvalue weighted by Gasteiger charge is -2.28. The number of phosphoric acid groups is 1. The van der Waals surface area contributed by atoms with E-state index < -0.39 is 37.4 Å². The number of aryl methyl sites for hydroxylation is 1. The van der Waals surface area contributed by atoms with Crippen molar-refractivity contribution in [2.45, 2.75) is 57.9 Å². The molecule has 0 unspecified atom stereocenters. The molecule has 0 amide bonds. The topological polar surface area (TPSA) is 184 Å². The van der Waals surface area contributed by atoms with Crippen LogP contribution in [0.3, 0.4) is 0 Å². The normalized spacial score (nSPS) is 28.9. The molecule has 1 aromatic rings. The van der Waals surface area contributed by atoms with Gasteiger partial charge in [-0.1, -0.05) is 18.5 Å². The number of azide groups is 1. The lowest BCUT2D eigenvalue weighted by atomic mass is 10.1. The van der Waals surface area contributed by atoms with Gasteiger partial charge in [0.25, 0.3) is 5.56 Å². The fourth-order valence-corrected chi connectivity index (χ4v) is 4.82. The van der Waals surface area contributed by atoms with Crippen LogP contribution in [0.4, 0.5) is 0 Å². The molecule has 0 bridgehead atoms. The average molecular weight is 501 g/mol. The molecule has 34 heavy (non-hydrogen) atoms. The van der Waals surface area contributed by atoms with E-state index in [0.717, 1.165) is 12.8 Å². The molecule has 2 aliphatic heterocycles. The van der Waals surface area contributed by atoms with Crippen molar-refractivity contribution in [1.82, 2.24) is 9.55 Å². The zero-order chi connectivity index (χ0) is 24.7. The molecule has 0 saturated carbocycles. The summed E-state index contributed by atoms with van der Waals surface area (Å²) in [6.07, 6.45) is 1.58. The first-order chi connectivity index (χ1) is 16.2. The Bertz CT molecular complexity index is 1070. The third-order valence-corrected chi connectivity index (χ3v) is 6.81. The second kappa shape index (κ2) is 11.8. The fraction of sp³-hybridized carbons (Fsp3) is 0.737. The number of nitrogens with zero attached hydrogens (tertiary/aromatic N) is 4. The Morgan fingerprint density at radius 2 is 2.12 bits per heavy atom. The van der Waals surface area contributed by atoms with E-state index in [1.165, 1.54) is 17.7 Å². The summed E-state index contributed by atoms with van der Waals surface area (Å²) >= 11 is 0. The Labute approximate surface area is 194 Å². The molecule has 188 valence electrons. The number of phosphoric ester groups is 1. The number of hydrogen-bond donors (Lipinski definition) is 1. The number of unbranched alkanes of at least 4 members (excludes halogenated alkanes) is 1. The molecule has 2 saturated heterocycles. The Morgan fingerprint density at radius 3 is 2.79 bits per heavy atom. The van der Waals surface area contributed by atoms with Crippen molar-refractivity contribution in [2.75, 3.05) is 26.4 Å². The minimum Gasteiger partial charge on any atom is -0.466 e. The smallest absolute Gasteiger partial charge is 0.466 e. The summed E-state index contributed by atoms with van der Waals surface area (Å²) in [6, 6.07) is -0.726. The van der Waals surface area contributed by atoms with Gasteiger partial charge in [0.15, 0.2) is 0 Å². The number of aromatic amines is 1. The summed E-state index contributed by atoms with van der Waals surface area (Å²) in [7, 11) is -3.92. The zero-order valence-electron chi connectivity index (χ0n) is 19.0. The van der Waals surface area contributed by atoms with E-state index in [0.29, 0.717) is 12.2 Å². The minimum absolute atomic E-state index is 0.0138. The van der Waals surface area contributed by atoms with Gasteiger partial charge in [-0.05, 0) is 18.9 Å². The molecule has 3 atom stereocenters. The van der Waals surface area contributed by atoms with Gasteiger partial charge in [0, 0.05) is 29.0 Å². The maximum absolute atomic E-state index is 12.7. The summed E-state index contributed by atoms with van der Waals surface area (Å²) < 4.78 is 40.7. The predicted octanol–water partition coefficient (Wildman–Crippen LogP) is 2.33. The van der Waals surface area contributed by atoms with Crippen LogP contribution in [0.1, 0.15) is 44.4 Å². The molecule has 0 radical (unpaired) electrons. The molecular weight excluding hydrogens is 473 g/mol. The first-order valence-electron chi connectivity index (χ1n) is 11.0. The molecular formula is C19H28N5O9P. The van der Waals surface area contributed by atoms with Crippen molar-refractivity contribution in [3.05, 3.63) is 43.0 Å². The van der Waals surface area contributed by atoms with Gasteiger partial charge in [0.1, 0.15) is 6.23 Å². The summed E-state index contributed by atoms with van der Waals surface area (Å²) in [5, 5.41) is 3.68. The first kappa shape index (κ1) is 26.1. The number of esters is 1. The molecule has 3 heterocycles. The Morgan fingerprint density at radius 1 is 1.38 bits per heavy atom. The van der Waals surface area contributed by atoms with Crippen LogP contribution in [-0.4, -0.2) is 54.1 Å². The highest BCUT2D eigenvalue weighted by Crippen LogP contribution is 2.53. The molecule has 0 aliphatic carbocycles. The van der Waals surface area contributed by atoms with Gasteiger partial charge in [0.2, 0.25) is 0 Å². The number of H-pyrrole nitrogens is 1. The van der Waals surface area contributed by atoms with Crippen LogP contribution in [0.25, 0.3) is 10.4 Å². The molecule has 2 fully saturated rings. The lowest BCUT2D eigenvalue weighted by Crippen LogP contribution is -2.33. The Balaban J connectivity index is 1.55. The summed E-state index contributed by atoms with van der Waals surface area (Å²) in [5.74, 6) is -0.697. The first-order valence-corrected chi connectivity index (χ1v) is 12.4. The average Bonchev–Trinajstić information content (AvgIpc) is 3.20. The number of nitrogens with one attached hydrogen (secondary N) is 1. The molecule has 1 N–H and O–H groups in total. The fourth-order valence-electron chi connectivity index (χ4n) is 3.48. The summed E-state index contributed by atoms with van der Waals surface area (Å²) in [4.78, 5) is 40.6. The van der Waals surface area contributed by atoms with Crippen LogP contribution in [-0.2, 0) is 32.4 Å². The monoisotopic (exact) mass is 501 g/mol. The predicted molar refractivity (Wildman–Crippen MR) is 117 cm³/mol. The van der Waals surface area contributed by atoms with Crippen LogP contribution in [0.5, 0.6) is 0 Å². The van der Waals surface area contributed by atoms with Crippen LogP contribution in [0, 0.1) is 12.8 Å². The van der Waals surface area contributed by atoms with Crippen LogP contribution in [0.2, 0.25) is 0 Å². The molecule has 0 aromatic carbocycles. The molecule has 14 nitrogen and oxygen atoms in total. The second-order valence-electron chi connectivity index (χ2n) is 8.09. The highest BCUT2D eigenvalue weighted by atomic mass is 31.2. The molecule has 3 rings (SSSR count). The van der Waals surface area contributed by atoms with E-state index >= 15 is 0 Å². The van der Waals surface area contributed by atoms with E-state index in [1.807, 2.05) is 6.92 Å². The standard InChI is InChI=1S/C19H28N5O9P/c1-3-4-5-29-17(25)6-13-9-30-34(28,31-10-13)32-11-15-14(22-23-20)7-16(33-15)24-8-12(2)18(26)21-19(24)27/h8,13-16H,3-7,9-11H2,1-2H3,(H,21,26,27)/t13?,14-,15+,16+,34?/m0/s1. The van der Waals surface area contributed by atoms with Crippen molar-refractivity contribution >= 4 is 13.8 Å². The highest BCUT2D eigenvalue weighted by molar-refractivity contribution is 7.48. The van der Waals surface area contributed by atoms with Crippen molar-refractivity contribution in [2.24, 2.45) is 11.0 Å². The number of aromatic nitrogens is 2. The SMILES string of the molecule is CCCCOC(=O)CC1COP(=O)(OC[C@H]2O[C@@H](n3cc(C)c(=O)[nH]c3=O)C[C@@H]2N=[N+]=[N-])OC1. The van der Waals surface area contributed by atoms with E-state index in [-0.39, 0.29) is 44.5 Å². The molecule has 15 heteroatoms. The van der Waals surface area contributed by atoms with Crippen molar-refractivity contribution < 1.29 is 32.4 Å². The number of rotatable bonds is 10. The van der Waals surface area contributed by atoms with E-state index in [4.69, 9.17) is 28.6 Å². The Kier molecular flexibility index (Phi) is 9.06. The third-order valence-electron chi connectivity index (χ3n) is 5.41. The van der Waals surface area contributed by atoms with Gasteiger partial charge in [-0.3, -0.25) is 32.7 Å². The Hall–Kier alpha value is -2.47. The van der Waals surface area contributed by atoms with Gasteiger partial charge < -0.3 is 9.47 Å². The molecule has 1 aromatic heterocycles. The maximum atomic E-state index is 12.7. The lowest BCUT2D eigenvalue weighted by molar-refractivity contribution is -0.146. The van der Waals surface area contributed by atoms with Crippen LogP contribution >= 0.6 is 7.82 Å². The van der Waals surface area contributed by atoms with Crippen molar-refractivity contribution in [3.63, 3.8) is 0 Å². The van der Waals surface area contributed by atoms with Crippen LogP contribution in [0.15, 0.2) is 20.9 Å². The molecule has 0 spiro atoms. The number of carbonyl (C=O) groups excluding carboxylic acids is 1. The second-order valence-corrected chi connectivity index (χ2v) is 9.76. The number of hydrogen-bond acceptors (Lipinski definition) is 10. The van der Waals surface area contributed by atoms with E-state index in [2.05, 4.69) is 15.0 Å². The van der Waals surface area contributed by atoms with Gasteiger partial charge in [-0.25, -0.2) is 9.36 Å². The van der Waals surface area contributed by atoms with Crippen molar-refractivity contribution in [1.29, 1.82) is 0 Å². The third kappa shape index (κ3) is 6.78.